The zero-order chi connectivity index (χ0) is 17.9. The molecule has 5 heteroatoms. The summed E-state index contributed by atoms with van der Waals surface area (Å²) >= 11 is 0. The van der Waals surface area contributed by atoms with Crippen molar-refractivity contribution in [1.82, 2.24) is 10.2 Å². The number of benzene rings is 1. The summed E-state index contributed by atoms with van der Waals surface area (Å²) < 4.78 is 18.6. The lowest BCUT2D eigenvalue weighted by atomic mass is 10.1. The third kappa shape index (κ3) is 6.97. The second-order valence-electron chi connectivity index (χ2n) is 6.11. The third-order valence-corrected chi connectivity index (χ3v) is 4.32. The van der Waals surface area contributed by atoms with Crippen LogP contribution in [0.4, 0.5) is 4.39 Å². The summed E-state index contributed by atoms with van der Waals surface area (Å²) in [7, 11) is 0. The van der Waals surface area contributed by atoms with E-state index in [1.165, 1.54) is 12.1 Å². The first-order chi connectivity index (χ1) is 11.5. The van der Waals surface area contributed by atoms with Gasteiger partial charge in [-0.25, -0.2) is 9.18 Å². The molecule has 136 valence electrons. The molecule has 1 aromatic rings. The zero-order valence-electron chi connectivity index (χ0n) is 15.3. The number of rotatable bonds is 11. The van der Waals surface area contributed by atoms with E-state index in [4.69, 9.17) is 4.74 Å². The highest BCUT2D eigenvalue weighted by molar-refractivity contribution is 5.77. The molecule has 1 rings (SSSR count). The third-order valence-electron chi connectivity index (χ3n) is 4.32. The molecule has 0 amide bonds. The predicted molar refractivity (Wildman–Crippen MR) is 95.3 cm³/mol. The lowest BCUT2D eigenvalue weighted by molar-refractivity contribution is -0.147. The fourth-order valence-corrected chi connectivity index (χ4v) is 2.32. The molecule has 0 spiro atoms. The van der Waals surface area contributed by atoms with Crippen LogP contribution in [0.5, 0.6) is 0 Å². The molecule has 1 aromatic carbocycles. The van der Waals surface area contributed by atoms with Gasteiger partial charge in [-0.1, -0.05) is 46.2 Å². The van der Waals surface area contributed by atoms with Gasteiger partial charge in [0.1, 0.15) is 11.9 Å². The van der Waals surface area contributed by atoms with Gasteiger partial charge in [-0.15, -0.1) is 0 Å². The average Bonchev–Trinajstić information content (AvgIpc) is 2.60. The summed E-state index contributed by atoms with van der Waals surface area (Å²) in [6, 6.07) is 5.45. The fourth-order valence-electron chi connectivity index (χ4n) is 2.32. The second kappa shape index (κ2) is 11.2. The lowest BCUT2D eigenvalue weighted by Gasteiger charge is -2.22. The molecule has 2 atom stereocenters. The Labute approximate surface area is 145 Å². The van der Waals surface area contributed by atoms with E-state index in [2.05, 4.69) is 31.0 Å². The molecule has 0 aliphatic carbocycles. The minimum atomic E-state index is -0.565. The minimum absolute atomic E-state index is 0.304. The Morgan fingerprint density at radius 1 is 1.21 bits per heavy atom. The molecular weight excluding hydrogens is 307 g/mol. The monoisotopic (exact) mass is 338 g/mol. The van der Waals surface area contributed by atoms with E-state index in [-0.39, 0.29) is 11.8 Å². The molecular formula is C19H31FN2O2. The zero-order valence-corrected chi connectivity index (χ0v) is 15.3. The molecule has 24 heavy (non-hydrogen) atoms. The van der Waals surface area contributed by atoms with Gasteiger partial charge in [-0.05, 0) is 36.7 Å². The van der Waals surface area contributed by atoms with Gasteiger partial charge in [0.25, 0.3) is 0 Å². The Bertz CT molecular complexity index is 475. The number of carbonyl (C=O) groups excluding carboxylic acids is 1. The number of carbonyl (C=O) groups is 1. The molecule has 0 fully saturated rings. The number of halogens is 1. The maximum atomic E-state index is 13.2. The SMILES string of the molecule is CCC(C)COC(=O)C(NCCN(CC)CC)c1ccc(F)cc1. The molecule has 4 nitrogen and oxygen atoms in total. The van der Waals surface area contributed by atoms with Crippen LogP contribution in [0.15, 0.2) is 24.3 Å². The highest BCUT2D eigenvalue weighted by Gasteiger charge is 2.22. The van der Waals surface area contributed by atoms with Crippen LogP contribution in [-0.4, -0.2) is 43.7 Å². The van der Waals surface area contributed by atoms with Gasteiger partial charge in [-0.2, -0.15) is 0 Å². The first-order valence-electron chi connectivity index (χ1n) is 8.89. The molecule has 0 bridgehead atoms. The normalized spacial score (nSPS) is 13.8. The first kappa shape index (κ1) is 20.6. The van der Waals surface area contributed by atoms with E-state index in [0.29, 0.717) is 19.1 Å². The van der Waals surface area contributed by atoms with Gasteiger partial charge in [0.2, 0.25) is 0 Å². The van der Waals surface area contributed by atoms with Crippen LogP contribution >= 0.6 is 0 Å². The van der Waals surface area contributed by atoms with Crippen LogP contribution in [0.1, 0.15) is 45.7 Å². The summed E-state index contributed by atoms with van der Waals surface area (Å²) in [6.45, 7) is 12.2. The summed E-state index contributed by atoms with van der Waals surface area (Å²) in [6.07, 6.45) is 0.962. The topological polar surface area (TPSA) is 41.6 Å². The summed E-state index contributed by atoms with van der Waals surface area (Å²) in [5.41, 5.74) is 0.727. The Balaban J connectivity index is 2.71. The van der Waals surface area contributed by atoms with Gasteiger partial charge < -0.3 is 9.64 Å². The molecule has 2 unspecified atom stereocenters. The van der Waals surface area contributed by atoms with Crippen molar-refractivity contribution in [2.24, 2.45) is 5.92 Å². The number of nitrogens with one attached hydrogen (secondary N) is 1. The fraction of sp³-hybridized carbons (Fsp3) is 0.632. The van der Waals surface area contributed by atoms with Crippen molar-refractivity contribution in [1.29, 1.82) is 0 Å². The van der Waals surface area contributed by atoms with E-state index < -0.39 is 6.04 Å². The molecule has 1 N–H and O–H groups in total. The number of hydrogen-bond donors (Lipinski definition) is 1. The van der Waals surface area contributed by atoms with Crippen molar-refractivity contribution in [3.8, 4) is 0 Å². The lowest BCUT2D eigenvalue weighted by Crippen LogP contribution is -2.37. The van der Waals surface area contributed by atoms with Gasteiger partial charge in [0, 0.05) is 13.1 Å². The van der Waals surface area contributed by atoms with Crippen molar-refractivity contribution in [3.05, 3.63) is 35.6 Å². The molecule has 0 aliphatic rings. The van der Waals surface area contributed by atoms with Gasteiger partial charge in [0.15, 0.2) is 0 Å². The molecule has 0 radical (unpaired) electrons. The standard InChI is InChI=1S/C19H31FN2O2/c1-5-15(4)14-24-19(23)18(16-8-10-17(20)11-9-16)21-12-13-22(6-2)7-3/h8-11,15,18,21H,5-7,12-14H2,1-4H3. The highest BCUT2D eigenvalue weighted by Crippen LogP contribution is 2.16. The second-order valence-corrected chi connectivity index (χ2v) is 6.11. The van der Waals surface area contributed by atoms with E-state index in [1.54, 1.807) is 12.1 Å². The van der Waals surface area contributed by atoms with Crippen molar-refractivity contribution >= 4 is 5.97 Å². The van der Waals surface area contributed by atoms with Gasteiger partial charge in [0.05, 0.1) is 6.61 Å². The van der Waals surface area contributed by atoms with Gasteiger partial charge >= 0.3 is 5.97 Å². The van der Waals surface area contributed by atoms with E-state index in [9.17, 15) is 9.18 Å². The van der Waals surface area contributed by atoms with Crippen LogP contribution in [0.25, 0.3) is 0 Å². The van der Waals surface area contributed by atoms with E-state index >= 15 is 0 Å². The molecule has 0 heterocycles. The van der Waals surface area contributed by atoms with Crippen LogP contribution in [0, 0.1) is 11.7 Å². The maximum absolute atomic E-state index is 13.2. The number of likely N-dealkylation sites (N-methyl/N-ethyl adjacent to an activating group) is 1. The average molecular weight is 338 g/mol. The number of esters is 1. The van der Waals surface area contributed by atoms with Crippen molar-refractivity contribution in [3.63, 3.8) is 0 Å². The maximum Gasteiger partial charge on any atom is 0.327 e. The number of hydrogen-bond acceptors (Lipinski definition) is 4. The largest absolute Gasteiger partial charge is 0.464 e. The summed E-state index contributed by atoms with van der Waals surface area (Å²) in [5, 5.41) is 3.26. The van der Waals surface area contributed by atoms with Crippen LogP contribution in [-0.2, 0) is 9.53 Å². The van der Waals surface area contributed by atoms with E-state index in [0.717, 1.165) is 31.6 Å². The summed E-state index contributed by atoms with van der Waals surface area (Å²) in [4.78, 5) is 14.7. The van der Waals surface area contributed by atoms with Crippen LogP contribution in [0.3, 0.4) is 0 Å². The van der Waals surface area contributed by atoms with E-state index in [1.807, 2.05) is 6.92 Å². The Morgan fingerprint density at radius 2 is 1.83 bits per heavy atom. The minimum Gasteiger partial charge on any atom is -0.464 e. The van der Waals surface area contributed by atoms with Crippen LogP contribution in [0.2, 0.25) is 0 Å². The van der Waals surface area contributed by atoms with Crippen LogP contribution < -0.4 is 5.32 Å². The molecule has 0 aromatic heterocycles. The molecule has 0 aliphatic heterocycles. The van der Waals surface area contributed by atoms with Crippen molar-refractivity contribution in [2.45, 2.75) is 40.2 Å². The highest BCUT2D eigenvalue weighted by atomic mass is 19.1. The van der Waals surface area contributed by atoms with Gasteiger partial charge in [-0.3, -0.25) is 5.32 Å². The smallest absolute Gasteiger partial charge is 0.327 e. The Hall–Kier alpha value is -1.46. The Kier molecular flexibility index (Phi) is 9.57. The molecule has 0 saturated heterocycles. The number of nitrogens with zero attached hydrogens (tertiary/aromatic N) is 1. The Morgan fingerprint density at radius 3 is 2.38 bits per heavy atom. The number of ether oxygens (including phenoxy) is 1. The quantitative estimate of drug-likeness (QED) is 0.628. The first-order valence-corrected chi connectivity index (χ1v) is 8.89. The predicted octanol–water partition coefficient (Wildman–Crippen LogP) is 3.39. The van der Waals surface area contributed by atoms with Crippen molar-refractivity contribution in [2.75, 3.05) is 32.8 Å². The summed E-state index contributed by atoms with van der Waals surface area (Å²) in [5.74, 6) is -0.284. The van der Waals surface area contributed by atoms with Crippen molar-refractivity contribution < 1.29 is 13.9 Å². The molecule has 0 saturated carbocycles.